The predicted molar refractivity (Wildman–Crippen MR) is 108 cm³/mol. The molecule has 1 saturated carbocycles. The van der Waals surface area contributed by atoms with Crippen LogP contribution in [0.5, 0.6) is 0 Å². The molecular weight excluding hydrogens is 364 g/mol. The molecule has 2 rings (SSSR count). The minimum absolute atomic E-state index is 0.329. The van der Waals surface area contributed by atoms with Crippen molar-refractivity contribution >= 4 is 29.3 Å². The highest BCUT2D eigenvalue weighted by Crippen LogP contribution is 2.27. The molecule has 4 N–H and O–H groups in total. The first kappa shape index (κ1) is 21.0. The van der Waals surface area contributed by atoms with Gasteiger partial charge in [-0.1, -0.05) is 30.3 Å². The topological polar surface area (TPSA) is 91.5 Å². The van der Waals surface area contributed by atoms with Gasteiger partial charge in [0.2, 0.25) is 0 Å². The third-order valence-electron chi connectivity index (χ3n) is 3.84. The third-order valence-corrected chi connectivity index (χ3v) is 4.08. The average Bonchev–Trinajstić information content (AvgIpc) is 3.41. The van der Waals surface area contributed by atoms with Crippen LogP contribution in [-0.4, -0.2) is 35.3 Å². The van der Waals surface area contributed by atoms with Crippen molar-refractivity contribution in [1.29, 1.82) is 0 Å². The Bertz CT molecular complexity index is 657. The van der Waals surface area contributed by atoms with Gasteiger partial charge in [0, 0.05) is 13.0 Å². The van der Waals surface area contributed by atoms with Crippen molar-refractivity contribution in [2.24, 2.45) is 5.92 Å². The molecule has 27 heavy (non-hydrogen) atoms. The van der Waals surface area contributed by atoms with E-state index in [1.54, 1.807) is 20.8 Å². The second-order valence-corrected chi connectivity index (χ2v) is 8.06. The molecule has 1 aliphatic carbocycles. The number of carbonyl (C=O) groups is 2. The number of benzene rings is 1. The van der Waals surface area contributed by atoms with Crippen molar-refractivity contribution in [2.75, 3.05) is 6.54 Å². The average molecular weight is 393 g/mol. The van der Waals surface area contributed by atoms with E-state index >= 15 is 0 Å². The van der Waals surface area contributed by atoms with Gasteiger partial charge in [0.05, 0.1) is 0 Å². The smallest absolute Gasteiger partial charge is 0.408 e. The van der Waals surface area contributed by atoms with Crippen LogP contribution in [-0.2, 0) is 16.0 Å². The molecule has 0 unspecified atom stereocenters. The lowest BCUT2D eigenvalue weighted by molar-refractivity contribution is -0.123. The van der Waals surface area contributed by atoms with Crippen LogP contribution in [0.1, 0.15) is 39.2 Å². The van der Waals surface area contributed by atoms with Crippen LogP contribution in [0.4, 0.5) is 4.79 Å². The summed E-state index contributed by atoms with van der Waals surface area (Å²) in [5, 5.41) is 6.04. The van der Waals surface area contributed by atoms with E-state index in [-0.39, 0.29) is 0 Å². The first-order valence-corrected chi connectivity index (χ1v) is 9.51. The van der Waals surface area contributed by atoms with E-state index in [0.717, 1.165) is 12.1 Å². The second-order valence-electron chi connectivity index (χ2n) is 7.66. The van der Waals surface area contributed by atoms with Gasteiger partial charge in [-0.3, -0.25) is 15.6 Å². The van der Waals surface area contributed by atoms with Crippen LogP contribution in [0.25, 0.3) is 0 Å². The number of carbonyl (C=O) groups excluding carboxylic acids is 2. The van der Waals surface area contributed by atoms with Crippen LogP contribution in [0, 0.1) is 5.92 Å². The summed E-state index contributed by atoms with van der Waals surface area (Å²) in [6, 6.07) is 8.64. The number of amides is 2. The van der Waals surface area contributed by atoms with Gasteiger partial charge in [-0.05, 0) is 57.3 Å². The Morgan fingerprint density at radius 1 is 1.19 bits per heavy atom. The first-order valence-electron chi connectivity index (χ1n) is 9.10. The number of rotatable bonds is 6. The minimum atomic E-state index is -0.805. The zero-order chi connectivity index (χ0) is 19.9. The lowest BCUT2D eigenvalue weighted by Gasteiger charge is -2.23. The summed E-state index contributed by atoms with van der Waals surface area (Å²) < 4.78 is 5.26. The molecule has 0 heterocycles. The molecule has 0 aliphatic heterocycles. The van der Waals surface area contributed by atoms with Crippen LogP contribution < -0.4 is 21.5 Å². The zero-order valence-corrected chi connectivity index (χ0v) is 16.8. The lowest BCUT2D eigenvalue weighted by atomic mass is 10.1. The molecule has 1 aromatic rings. The maximum atomic E-state index is 12.6. The Balaban J connectivity index is 1.91. The number of hydrogen-bond acceptors (Lipinski definition) is 4. The molecule has 1 aromatic carbocycles. The van der Waals surface area contributed by atoms with E-state index in [4.69, 9.17) is 17.0 Å². The fourth-order valence-electron chi connectivity index (χ4n) is 2.32. The maximum Gasteiger partial charge on any atom is 0.408 e. The van der Waals surface area contributed by atoms with E-state index < -0.39 is 23.6 Å². The van der Waals surface area contributed by atoms with E-state index in [1.807, 2.05) is 30.3 Å². The van der Waals surface area contributed by atoms with Crippen molar-refractivity contribution in [3.8, 4) is 0 Å². The number of hydrogen-bond donors (Lipinski definition) is 4. The van der Waals surface area contributed by atoms with Crippen molar-refractivity contribution < 1.29 is 14.3 Å². The largest absolute Gasteiger partial charge is 0.444 e. The Morgan fingerprint density at radius 3 is 2.44 bits per heavy atom. The third kappa shape index (κ3) is 8.72. The molecule has 0 radical (unpaired) electrons. The fraction of sp³-hybridized carbons (Fsp3) is 0.526. The SMILES string of the molecule is CC(C)(C)OC(=O)N[C@@H](Cc1ccccc1)C(=O)NNC(=S)NCC1CC1. The molecule has 7 nitrogen and oxygen atoms in total. The van der Waals surface area contributed by atoms with Crippen molar-refractivity contribution in [1.82, 2.24) is 21.5 Å². The normalized spacial score (nSPS) is 14.6. The van der Waals surface area contributed by atoms with Gasteiger partial charge in [-0.25, -0.2) is 4.79 Å². The first-order chi connectivity index (χ1) is 12.7. The van der Waals surface area contributed by atoms with E-state index in [2.05, 4.69) is 21.5 Å². The number of ether oxygens (including phenoxy) is 1. The van der Waals surface area contributed by atoms with Gasteiger partial charge in [-0.15, -0.1) is 0 Å². The van der Waals surface area contributed by atoms with Gasteiger partial charge in [0.25, 0.3) is 5.91 Å². The van der Waals surface area contributed by atoms with Gasteiger partial charge >= 0.3 is 6.09 Å². The highest BCUT2D eigenvalue weighted by molar-refractivity contribution is 7.80. The molecule has 0 bridgehead atoms. The zero-order valence-electron chi connectivity index (χ0n) is 16.0. The summed E-state index contributed by atoms with van der Waals surface area (Å²) >= 11 is 5.15. The number of hydrazine groups is 1. The monoisotopic (exact) mass is 392 g/mol. The van der Waals surface area contributed by atoms with E-state index in [0.29, 0.717) is 17.5 Å². The summed E-state index contributed by atoms with van der Waals surface area (Å²) in [5.74, 6) is 0.264. The molecule has 0 saturated heterocycles. The molecular formula is C19H28N4O3S. The van der Waals surface area contributed by atoms with E-state index in [9.17, 15) is 9.59 Å². The summed E-state index contributed by atoms with van der Waals surface area (Å²) in [7, 11) is 0. The quantitative estimate of drug-likeness (QED) is 0.437. The van der Waals surface area contributed by atoms with Gasteiger partial charge in [0.1, 0.15) is 11.6 Å². The molecule has 0 spiro atoms. The molecule has 0 aromatic heterocycles. The lowest BCUT2D eigenvalue weighted by Crippen LogP contribution is -2.55. The van der Waals surface area contributed by atoms with Gasteiger partial charge in [-0.2, -0.15) is 0 Å². The Morgan fingerprint density at radius 2 is 1.85 bits per heavy atom. The van der Waals surface area contributed by atoms with E-state index in [1.165, 1.54) is 12.8 Å². The molecule has 1 fully saturated rings. The van der Waals surface area contributed by atoms with Crippen LogP contribution in [0.3, 0.4) is 0 Å². The van der Waals surface area contributed by atoms with Crippen LogP contribution in [0.15, 0.2) is 30.3 Å². The Kier molecular flexibility index (Phi) is 7.41. The van der Waals surface area contributed by atoms with Crippen molar-refractivity contribution in [3.05, 3.63) is 35.9 Å². The summed E-state index contributed by atoms with van der Waals surface area (Å²) in [5.41, 5.74) is 5.51. The molecule has 1 atom stereocenters. The molecule has 8 heteroatoms. The number of nitrogens with one attached hydrogen (secondary N) is 4. The summed E-state index contributed by atoms with van der Waals surface area (Å²) in [6.45, 7) is 6.10. The van der Waals surface area contributed by atoms with Gasteiger partial charge < -0.3 is 15.4 Å². The van der Waals surface area contributed by atoms with Gasteiger partial charge in [0.15, 0.2) is 5.11 Å². The second kappa shape index (κ2) is 9.55. The summed E-state index contributed by atoms with van der Waals surface area (Å²) in [6.07, 6.45) is 2.10. The van der Waals surface area contributed by atoms with Crippen LogP contribution >= 0.6 is 12.2 Å². The van der Waals surface area contributed by atoms with Crippen molar-refractivity contribution in [2.45, 2.75) is 51.7 Å². The van der Waals surface area contributed by atoms with Crippen LogP contribution in [0.2, 0.25) is 0 Å². The predicted octanol–water partition coefficient (Wildman–Crippen LogP) is 2.03. The standard InChI is InChI=1S/C19H28N4O3S/c1-19(2,3)26-18(25)21-15(11-13-7-5-4-6-8-13)16(24)22-23-17(27)20-12-14-9-10-14/h4-8,14-15H,9-12H2,1-3H3,(H,21,25)(H,22,24)(H2,20,23,27)/t15-/m0/s1. The highest BCUT2D eigenvalue weighted by atomic mass is 32.1. The maximum absolute atomic E-state index is 12.6. The fourth-order valence-corrected chi connectivity index (χ4v) is 2.45. The van der Waals surface area contributed by atoms with Crippen molar-refractivity contribution in [3.63, 3.8) is 0 Å². The minimum Gasteiger partial charge on any atom is -0.444 e. The highest BCUT2D eigenvalue weighted by Gasteiger charge is 2.25. The molecule has 148 valence electrons. The number of thiocarbonyl (C=S) groups is 1. The molecule has 2 amide bonds. The Hall–Kier alpha value is -2.35. The number of alkyl carbamates (subject to hydrolysis) is 1. The Labute approximate surface area is 165 Å². The molecule has 1 aliphatic rings. The summed E-state index contributed by atoms with van der Waals surface area (Å²) in [4.78, 5) is 24.7.